The minimum Gasteiger partial charge on any atom is -0.352 e. The first-order valence-corrected chi connectivity index (χ1v) is 13.8. The van der Waals surface area contributed by atoms with E-state index < -0.39 is 0 Å². The summed E-state index contributed by atoms with van der Waals surface area (Å²) in [5, 5.41) is 2.89. The van der Waals surface area contributed by atoms with E-state index in [9.17, 15) is 9.59 Å². The Hall–Kier alpha value is -3.83. The van der Waals surface area contributed by atoms with E-state index in [4.69, 9.17) is 0 Å². The SMILES string of the molecule is O=C(NCCCCc1ccccc1)c1cccc(C2SCC(=O)N2c2ccc(-c3ccccc3)cc2)c1. The molecule has 4 aromatic carbocycles. The molecule has 1 N–H and O–H groups in total. The minimum atomic E-state index is -0.159. The Balaban J connectivity index is 1.22. The molecule has 1 aliphatic heterocycles. The lowest BCUT2D eigenvalue weighted by Crippen LogP contribution is -2.28. The van der Waals surface area contributed by atoms with Crippen LogP contribution >= 0.6 is 11.8 Å². The molecule has 4 aromatic rings. The minimum absolute atomic E-state index is 0.0744. The third kappa shape index (κ3) is 6.12. The summed E-state index contributed by atoms with van der Waals surface area (Å²) in [6.45, 7) is 0.645. The number of unbranched alkanes of at least 4 members (excludes halogenated alkanes) is 1. The maximum Gasteiger partial charge on any atom is 0.251 e. The number of rotatable bonds is 9. The second-order valence-electron chi connectivity index (χ2n) is 9.16. The van der Waals surface area contributed by atoms with Crippen molar-refractivity contribution in [3.05, 3.63) is 126 Å². The Morgan fingerprint density at radius 1 is 0.811 bits per heavy atom. The molecule has 37 heavy (non-hydrogen) atoms. The van der Waals surface area contributed by atoms with Gasteiger partial charge in [-0.05, 0) is 65.8 Å². The van der Waals surface area contributed by atoms with Crippen molar-refractivity contribution in [2.75, 3.05) is 17.2 Å². The number of amides is 2. The molecule has 0 radical (unpaired) electrons. The molecule has 0 aliphatic carbocycles. The van der Waals surface area contributed by atoms with Crippen LogP contribution in [0.25, 0.3) is 11.1 Å². The normalized spacial score (nSPS) is 15.1. The van der Waals surface area contributed by atoms with E-state index in [-0.39, 0.29) is 17.2 Å². The number of hydrogen-bond donors (Lipinski definition) is 1. The van der Waals surface area contributed by atoms with Gasteiger partial charge in [-0.15, -0.1) is 11.8 Å². The van der Waals surface area contributed by atoms with Gasteiger partial charge in [0, 0.05) is 17.8 Å². The molecule has 1 heterocycles. The maximum atomic E-state index is 12.9. The van der Waals surface area contributed by atoms with Crippen molar-refractivity contribution >= 4 is 29.3 Å². The second kappa shape index (κ2) is 11.9. The number of aryl methyl sites for hydroxylation is 1. The summed E-state index contributed by atoms with van der Waals surface area (Å²) in [4.78, 5) is 27.5. The summed E-state index contributed by atoms with van der Waals surface area (Å²) < 4.78 is 0. The smallest absolute Gasteiger partial charge is 0.251 e. The summed E-state index contributed by atoms with van der Waals surface area (Å²) in [5.74, 6) is 0.425. The lowest BCUT2D eigenvalue weighted by Gasteiger charge is -2.25. The molecule has 1 atom stereocenters. The molecule has 0 spiro atoms. The Labute approximate surface area is 222 Å². The van der Waals surface area contributed by atoms with Crippen LogP contribution in [0.5, 0.6) is 0 Å². The highest BCUT2D eigenvalue weighted by molar-refractivity contribution is 8.00. The Morgan fingerprint density at radius 3 is 2.27 bits per heavy atom. The number of carbonyl (C=O) groups is 2. The maximum absolute atomic E-state index is 12.9. The van der Waals surface area contributed by atoms with E-state index in [0.717, 1.165) is 41.6 Å². The van der Waals surface area contributed by atoms with Crippen LogP contribution in [0.15, 0.2) is 109 Å². The topological polar surface area (TPSA) is 49.4 Å². The first-order valence-electron chi connectivity index (χ1n) is 12.7. The molecule has 1 aliphatic rings. The van der Waals surface area contributed by atoms with Gasteiger partial charge in [0.2, 0.25) is 5.91 Å². The fraction of sp³-hybridized carbons (Fsp3) is 0.188. The lowest BCUT2D eigenvalue weighted by atomic mass is 10.0. The van der Waals surface area contributed by atoms with Gasteiger partial charge in [-0.25, -0.2) is 0 Å². The van der Waals surface area contributed by atoms with Crippen molar-refractivity contribution in [2.45, 2.75) is 24.6 Å². The number of nitrogens with one attached hydrogen (secondary N) is 1. The fourth-order valence-electron chi connectivity index (χ4n) is 4.63. The molecule has 1 fully saturated rings. The molecule has 1 saturated heterocycles. The van der Waals surface area contributed by atoms with Crippen molar-refractivity contribution in [3.8, 4) is 11.1 Å². The quantitative estimate of drug-likeness (QED) is 0.252. The molecule has 2 amide bonds. The number of nitrogens with zero attached hydrogens (tertiary/aromatic N) is 1. The van der Waals surface area contributed by atoms with E-state index >= 15 is 0 Å². The molecule has 186 valence electrons. The van der Waals surface area contributed by atoms with Crippen LogP contribution in [0, 0.1) is 0 Å². The molecule has 0 aromatic heterocycles. The number of carbonyl (C=O) groups excluding carboxylic acids is 2. The number of anilines is 1. The van der Waals surface area contributed by atoms with Crippen LogP contribution in [0.3, 0.4) is 0 Å². The standard InChI is InChI=1S/C32H30N2O2S/c35-30-23-37-32(34(30)29-19-17-26(18-20-29)25-13-5-2-6-14-25)28-16-9-15-27(22-28)31(36)33-21-8-7-12-24-10-3-1-4-11-24/h1-6,9-11,13-20,22,32H,7-8,12,21,23H2,(H,33,36). The van der Waals surface area contributed by atoms with Gasteiger partial charge in [0.25, 0.3) is 5.91 Å². The summed E-state index contributed by atoms with van der Waals surface area (Å²) in [6.07, 6.45) is 2.98. The first-order chi connectivity index (χ1) is 18.2. The van der Waals surface area contributed by atoms with E-state index in [0.29, 0.717) is 17.9 Å². The average Bonchev–Trinajstić information content (AvgIpc) is 3.35. The van der Waals surface area contributed by atoms with Gasteiger partial charge in [-0.3, -0.25) is 14.5 Å². The highest BCUT2D eigenvalue weighted by Gasteiger charge is 2.34. The molecule has 0 bridgehead atoms. The van der Waals surface area contributed by atoms with Crippen LogP contribution in [0.2, 0.25) is 0 Å². The lowest BCUT2D eigenvalue weighted by molar-refractivity contribution is -0.115. The second-order valence-corrected chi connectivity index (χ2v) is 10.2. The van der Waals surface area contributed by atoms with Crippen molar-refractivity contribution < 1.29 is 9.59 Å². The zero-order valence-electron chi connectivity index (χ0n) is 20.7. The molecular formula is C32H30N2O2S. The number of thioether (sulfide) groups is 1. The zero-order chi connectivity index (χ0) is 25.5. The van der Waals surface area contributed by atoms with Crippen molar-refractivity contribution in [1.82, 2.24) is 5.32 Å². The summed E-state index contributed by atoms with van der Waals surface area (Å²) in [7, 11) is 0. The monoisotopic (exact) mass is 506 g/mol. The molecule has 5 heteroatoms. The molecular weight excluding hydrogens is 476 g/mol. The van der Waals surface area contributed by atoms with Crippen molar-refractivity contribution in [1.29, 1.82) is 0 Å². The summed E-state index contributed by atoms with van der Waals surface area (Å²) in [5.41, 5.74) is 6.03. The fourth-order valence-corrected chi connectivity index (χ4v) is 5.80. The Morgan fingerprint density at radius 2 is 1.51 bits per heavy atom. The predicted molar refractivity (Wildman–Crippen MR) is 153 cm³/mol. The molecule has 1 unspecified atom stereocenters. The molecule has 5 rings (SSSR count). The van der Waals surface area contributed by atoms with Crippen LogP contribution in [0.1, 0.15) is 39.7 Å². The van der Waals surface area contributed by atoms with Gasteiger partial charge >= 0.3 is 0 Å². The van der Waals surface area contributed by atoms with E-state index in [1.807, 2.05) is 65.6 Å². The summed E-state index contributed by atoms with van der Waals surface area (Å²) in [6, 6.07) is 36.4. The van der Waals surface area contributed by atoms with Gasteiger partial charge in [0.1, 0.15) is 5.37 Å². The number of benzene rings is 4. The van der Waals surface area contributed by atoms with E-state index in [1.165, 1.54) is 5.56 Å². The first kappa shape index (κ1) is 24.8. The zero-order valence-corrected chi connectivity index (χ0v) is 21.5. The summed E-state index contributed by atoms with van der Waals surface area (Å²) >= 11 is 1.59. The highest BCUT2D eigenvalue weighted by atomic mass is 32.2. The average molecular weight is 507 g/mol. The van der Waals surface area contributed by atoms with E-state index in [2.05, 4.69) is 53.8 Å². The predicted octanol–water partition coefficient (Wildman–Crippen LogP) is 6.88. The van der Waals surface area contributed by atoms with Crippen LogP contribution in [-0.4, -0.2) is 24.1 Å². The number of hydrogen-bond acceptors (Lipinski definition) is 3. The highest BCUT2D eigenvalue weighted by Crippen LogP contribution is 2.42. The van der Waals surface area contributed by atoms with Gasteiger partial charge in [0.15, 0.2) is 0 Å². The molecule has 4 nitrogen and oxygen atoms in total. The largest absolute Gasteiger partial charge is 0.352 e. The van der Waals surface area contributed by atoms with Gasteiger partial charge in [-0.1, -0.05) is 84.9 Å². The third-order valence-electron chi connectivity index (χ3n) is 6.58. The third-order valence-corrected chi connectivity index (χ3v) is 7.79. The van der Waals surface area contributed by atoms with Crippen LogP contribution in [0.4, 0.5) is 5.69 Å². The van der Waals surface area contributed by atoms with Crippen molar-refractivity contribution in [3.63, 3.8) is 0 Å². The van der Waals surface area contributed by atoms with Crippen LogP contribution in [-0.2, 0) is 11.2 Å². The molecule has 0 saturated carbocycles. The van der Waals surface area contributed by atoms with Gasteiger partial charge in [-0.2, -0.15) is 0 Å². The Bertz CT molecular complexity index is 1340. The van der Waals surface area contributed by atoms with Crippen LogP contribution < -0.4 is 10.2 Å². The Kier molecular flexibility index (Phi) is 8.02. The van der Waals surface area contributed by atoms with Gasteiger partial charge < -0.3 is 5.32 Å². The van der Waals surface area contributed by atoms with Crippen molar-refractivity contribution in [2.24, 2.45) is 0 Å². The van der Waals surface area contributed by atoms with E-state index in [1.54, 1.807) is 11.8 Å². The van der Waals surface area contributed by atoms with Gasteiger partial charge in [0.05, 0.1) is 5.75 Å².